The fourth-order valence-electron chi connectivity index (χ4n) is 2.51. The Balaban J connectivity index is 2.31. The minimum Gasteiger partial charge on any atom is -0.508 e. The molecule has 0 saturated carbocycles. The van der Waals surface area contributed by atoms with Crippen molar-refractivity contribution in [3.63, 3.8) is 0 Å². The van der Waals surface area contributed by atoms with Crippen molar-refractivity contribution in [1.82, 2.24) is 0 Å². The summed E-state index contributed by atoms with van der Waals surface area (Å²) in [6, 6.07) is 11.1. The van der Waals surface area contributed by atoms with Crippen LogP contribution in [0.15, 0.2) is 42.5 Å². The summed E-state index contributed by atoms with van der Waals surface area (Å²) in [4.78, 5) is 11.9. The summed E-state index contributed by atoms with van der Waals surface area (Å²) in [5.41, 5.74) is 3.76. The van der Waals surface area contributed by atoms with Crippen molar-refractivity contribution in [1.29, 1.82) is 0 Å². The second-order valence-corrected chi connectivity index (χ2v) is 5.55. The lowest BCUT2D eigenvalue weighted by Crippen LogP contribution is -2.08. The minimum atomic E-state index is -0.380. The van der Waals surface area contributed by atoms with E-state index >= 15 is 0 Å². The highest BCUT2D eigenvalue weighted by atomic mass is 16.5. The second-order valence-electron chi connectivity index (χ2n) is 5.55. The molecule has 126 valence electrons. The van der Waals surface area contributed by atoms with Crippen molar-refractivity contribution in [2.75, 3.05) is 7.11 Å². The topological polar surface area (TPSA) is 55.8 Å². The zero-order valence-corrected chi connectivity index (χ0v) is 14.4. The van der Waals surface area contributed by atoms with Gasteiger partial charge in [0.05, 0.1) is 12.7 Å². The molecule has 0 spiro atoms. The molecule has 0 aliphatic carbocycles. The number of rotatable bonds is 5. The number of hydrogen-bond acceptors (Lipinski definition) is 4. The Hall–Kier alpha value is -2.75. The van der Waals surface area contributed by atoms with Crippen molar-refractivity contribution < 1.29 is 19.4 Å². The summed E-state index contributed by atoms with van der Waals surface area (Å²) in [7, 11) is 1.36. The van der Waals surface area contributed by atoms with Crippen LogP contribution in [0.4, 0.5) is 0 Å². The van der Waals surface area contributed by atoms with Gasteiger partial charge in [-0.25, -0.2) is 4.79 Å². The summed E-state index contributed by atoms with van der Waals surface area (Å²) in [5.74, 6) is 0.457. The molecule has 0 saturated heterocycles. The average Bonchev–Trinajstić information content (AvgIpc) is 2.58. The molecule has 0 aliphatic rings. The van der Waals surface area contributed by atoms with Crippen molar-refractivity contribution in [2.45, 2.75) is 27.4 Å². The number of phenols is 1. The van der Waals surface area contributed by atoms with Crippen LogP contribution < -0.4 is 4.74 Å². The van der Waals surface area contributed by atoms with Crippen LogP contribution in [0.2, 0.25) is 0 Å². The highest BCUT2D eigenvalue weighted by molar-refractivity contribution is 6.16. The molecule has 2 aromatic rings. The number of allylic oxidation sites excluding steroid dienone is 1. The van der Waals surface area contributed by atoms with Gasteiger partial charge < -0.3 is 14.6 Å². The maximum absolute atomic E-state index is 11.9. The van der Waals surface area contributed by atoms with E-state index in [1.165, 1.54) is 7.11 Å². The van der Waals surface area contributed by atoms with Crippen LogP contribution in [0.3, 0.4) is 0 Å². The van der Waals surface area contributed by atoms with Crippen LogP contribution in [0.25, 0.3) is 5.57 Å². The zero-order valence-electron chi connectivity index (χ0n) is 14.4. The SMILES string of the molecule is CC=C(C(=O)OC)c1ccccc1COc1cc(C)cc(O)c1C. The van der Waals surface area contributed by atoms with E-state index < -0.39 is 0 Å². The lowest BCUT2D eigenvalue weighted by molar-refractivity contribution is -0.133. The first-order chi connectivity index (χ1) is 11.5. The van der Waals surface area contributed by atoms with Gasteiger partial charge in [0.2, 0.25) is 0 Å². The molecule has 0 atom stereocenters. The third kappa shape index (κ3) is 3.77. The van der Waals surface area contributed by atoms with Gasteiger partial charge >= 0.3 is 5.97 Å². The van der Waals surface area contributed by atoms with Crippen LogP contribution in [0.1, 0.15) is 29.2 Å². The van der Waals surface area contributed by atoms with E-state index in [0.717, 1.165) is 16.7 Å². The molecule has 0 fully saturated rings. The zero-order chi connectivity index (χ0) is 17.7. The molecule has 0 amide bonds. The molecule has 24 heavy (non-hydrogen) atoms. The Morgan fingerprint density at radius 2 is 1.92 bits per heavy atom. The molecule has 4 heteroatoms. The number of carbonyl (C=O) groups excluding carboxylic acids is 1. The van der Waals surface area contributed by atoms with Gasteiger partial charge in [0, 0.05) is 5.56 Å². The van der Waals surface area contributed by atoms with Gasteiger partial charge in [-0.2, -0.15) is 0 Å². The van der Waals surface area contributed by atoms with E-state index in [1.54, 1.807) is 19.1 Å². The number of aromatic hydroxyl groups is 1. The number of carbonyl (C=O) groups is 1. The molecule has 2 aromatic carbocycles. The van der Waals surface area contributed by atoms with Crippen LogP contribution >= 0.6 is 0 Å². The first kappa shape index (κ1) is 17.6. The van der Waals surface area contributed by atoms with Crippen LogP contribution in [-0.2, 0) is 16.1 Å². The molecule has 0 bridgehead atoms. The van der Waals surface area contributed by atoms with Crippen molar-refractivity contribution in [3.05, 3.63) is 64.7 Å². The van der Waals surface area contributed by atoms with Gasteiger partial charge in [-0.3, -0.25) is 0 Å². The summed E-state index contributed by atoms with van der Waals surface area (Å²) in [6.45, 7) is 5.79. The van der Waals surface area contributed by atoms with Crippen molar-refractivity contribution in [3.8, 4) is 11.5 Å². The fraction of sp³-hybridized carbons (Fsp3) is 0.250. The number of ether oxygens (including phenoxy) is 2. The van der Waals surface area contributed by atoms with E-state index in [0.29, 0.717) is 16.9 Å². The average molecular weight is 326 g/mol. The van der Waals surface area contributed by atoms with Gasteiger partial charge in [0.15, 0.2) is 0 Å². The van der Waals surface area contributed by atoms with Crippen molar-refractivity contribution in [2.24, 2.45) is 0 Å². The quantitative estimate of drug-likeness (QED) is 0.662. The number of benzene rings is 2. The molecule has 2 rings (SSSR count). The normalized spacial score (nSPS) is 11.2. The Labute approximate surface area is 142 Å². The third-order valence-corrected chi connectivity index (χ3v) is 3.86. The number of methoxy groups -OCH3 is 1. The first-order valence-corrected chi connectivity index (χ1v) is 7.73. The minimum absolute atomic E-state index is 0.210. The lowest BCUT2D eigenvalue weighted by atomic mass is 10.00. The van der Waals surface area contributed by atoms with Gasteiger partial charge in [0.1, 0.15) is 18.1 Å². The Morgan fingerprint density at radius 1 is 1.21 bits per heavy atom. The Kier molecular flexibility index (Phi) is 5.64. The highest BCUT2D eigenvalue weighted by Crippen LogP contribution is 2.30. The molecule has 0 unspecified atom stereocenters. The molecule has 0 radical (unpaired) electrons. The van der Waals surface area contributed by atoms with E-state index in [2.05, 4.69) is 0 Å². The fourth-order valence-corrected chi connectivity index (χ4v) is 2.51. The van der Waals surface area contributed by atoms with Gasteiger partial charge in [-0.1, -0.05) is 30.3 Å². The lowest BCUT2D eigenvalue weighted by Gasteiger charge is -2.15. The third-order valence-electron chi connectivity index (χ3n) is 3.86. The van der Waals surface area contributed by atoms with Crippen LogP contribution in [0.5, 0.6) is 11.5 Å². The Bertz CT molecular complexity index is 775. The summed E-state index contributed by atoms with van der Waals surface area (Å²) >= 11 is 0. The second kappa shape index (κ2) is 7.68. The predicted octanol–water partition coefficient (Wildman–Crippen LogP) is 4.16. The van der Waals surface area contributed by atoms with E-state index in [4.69, 9.17) is 9.47 Å². The summed E-state index contributed by atoms with van der Waals surface area (Å²) in [5, 5.41) is 9.91. The number of phenolic OH excluding ortho intramolecular Hbond substituents is 1. The molecule has 0 aromatic heterocycles. The molecule has 0 heterocycles. The van der Waals surface area contributed by atoms with E-state index in [-0.39, 0.29) is 18.3 Å². The van der Waals surface area contributed by atoms with E-state index in [9.17, 15) is 9.90 Å². The summed E-state index contributed by atoms with van der Waals surface area (Å²) < 4.78 is 10.7. The van der Waals surface area contributed by atoms with E-state index in [1.807, 2.05) is 44.2 Å². The standard InChI is InChI=1S/C20H22O4/c1-5-16(20(22)23-4)17-9-7-6-8-15(17)12-24-19-11-13(2)10-18(21)14(19)3/h5-11,21H,12H2,1-4H3. The number of esters is 1. The van der Waals surface area contributed by atoms with Gasteiger partial charge in [0.25, 0.3) is 0 Å². The van der Waals surface area contributed by atoms with Crippen LogP contribution in [-0.4, -0.2) is 18.2 Å². The number of hydrogen-bond donors (Lipinski definition) is 1. The molecular formula is C20H22O4. The predicted molar refractivity (Wildman–Crippen MR) is 94.0 cm³/mol. The Morgan fingerprint density at radius 3 is 2.58 bits per heavy atom. The van der Waals surface area contributed by atoms with Crippen LogP contribution in [0, 0.1) is 13.8 Å². The highest BCUT2D eigenvalue weighted by Gasteiger charge is 2.15. The molecule has 1 N–H and O–H groups in total. The largest absolute Gasteiger partial charge is 0.508 e. The smallest absolute Gasteiger partial charge is 0.338 e. The molecule has 4 nitrogen and oxygen atoms in total. The van der Waals surface area contributed by atoms with Gasteiger partial charge in [-0.05, 0) is 49.6 Å². The van der Waals surface area contributed by atoms with Gasteiger partial charge in [-0.15, -0.1) is 0 Å². The molecule has 0 aliphatic heterocycles. The number of aryl methyl sites for hydroxylation is 1. The monoisotopic (exact) mass is 326 g/mol. The maximum Gasteiger partial charge on any atom is 0.338 e. The maximum atomic E-state index is 11.9. The first-order valence-electron chi connectivity index (χ1n) is 7.73. The summed E-state index contributed by atoms with van der Waals surface area (Å²) in [6.07, 6.45) is 1.73. The molecular weight excluding hydrogens is 304 g/mol. The van der Waals surface area contributed by atoms with Crippen molar-refractivity contribution >= 4 is 11.5 Å².